The third-order valence-corrected chi connectivity index (χ3v) is 2.70. The number of hydrogen-bond donors (Lipinski definition) is 2. The molecule has 1 rings (SSSR count). The summed E-state index contributed by atoms with van der Waals surface area (Å²) in [6.07, 6.45) is 5.90. The Morgan fingerprint density at radius 3 is 2.25 bits per heavy atom. The van der Waals surface area contributed by atoms with E-state index in [1.54, 1.807) is 0 Å². The summed E-state index contributed by atoms with van der Waals surface area (Å²) in [6, 6.07) is 8.48. The molecule has 1 atom stereocenters. The smallest absolute Gasteiger partial charge is 0.0569 e. The highest BCUT2D eigenvalue weighted by molar-refractivity contribution is 5.29. The number of hydrogen-bond acceptors (Lipinski definition) is 2. The Morgan fingerprint density at radius 2 is 1.88 bits per heavy atom. The number of nitrogens with one attached hydrogen (secondary N) is 1. The minimum absolute atomic E-state index is 0.0408. The van der Waals surface area contributed by atoms with Crippen molar-refractivity contribution in [1.82, 2.24) is 5.43 Å². The van der Waals surface area contributed by atoms with Crippen LogP contribution in [0.25, 0.3) is 0 Å². The van der Waals surface area contributed by atoms with Crippen LogP contribution in [0.3, 0.4) is 0 Å². The van der Waals surface area contributed by atoms with Gasteiger partial charge in [-0.1, -0.05) is 45.0 Å². The maximum absolute atomic E-state index is 5.47. The average molecular weight is 216 g/mol. The van der Waals surface area contributed by atoms with E-state index in [2.05, 4.69) is 56.4 Å². The van der Waals surface area contributed by atoms with Gasteiger partial charge in [0, 0.05) is 6.42 Å². The van der Waals surface area contributed by atoms with Crippen LogP contribution in [0.4, 0.5) is 0 Å². The van der Waals surface area contributed by atoms with Gasteiger partial charge in [0.2, 0.25) is 0 Å². The van der Waals surface area contributed by atoms with Crippen LogP contribution in [0.15, 0.2) is 24.3 Å². The monoisotopic (exact) mass is 216 g/mol. The maximum atomic E-state index is 5.47. The second-order valence-electron chi connectivity index (χ2n) is 5.00. The molecule has 0 aromatic heterocycles. The van der Waals surface area contributed by atoms with Crippen LogP contribution < -0.4 is 11.3 Å². The van der Waals surface area contributed by atoms with Crippen LogP contribution in [0.2, 0.25) is 0 Å². The van der Waals surface area contributed by atoms with Crippen molar-refractivity contribution in [2.24, 2.45) is 5.84 Å². The van der Waals surface area contributed by atoms with Gasteiger partial charge in [0.15, 0.2) is 0 Å². The molecule has 0 spiro atoms. The van der Waals surface area contributed by atoms with Crippen LogP contribution in [-0.4, -0.2) is 0 Å². The highest BCUT2D eigenvalue weighted by Crippen LogP contribution is 2.24. The maximum Gasteiger partial charge on any atom is 0.0569 e. The summed E-state index contributed by atoms with van der Waals surface area (Å²) in [5.74, 6) is 8.09. The van der Waals surface area contributed by atoms with Crippen LogP contribution in [0, 0.1) is 12.3 Å². The molecule has 1 aromatic carbocycles. The molecule has 86 valence electrons. The molecule has 0 aliphatic rings. The van der Waals surface area contributed by atoms with Crippen molar-refractivity contribution in [1.29, 1.82) is 0 Å². The Balaban J connectivity index is 2.90. The third kappa shape index (κ3) is 3.10. The zero-order valence-corrected chi connectivity index (χ0v) is 10.2. The van der Waals surface area contributed by atoms with E-state index >= 15 is 0 Å². The first-order chi connectivity index (χ1) is 7.49. The van der Waals surface area contributed by atoms with E-state index in [0.717, 1.165) is 5.56 Å². The molecule has 0 radical (unpaired) electrons. The fourth-order valence-electron chi connectivity index (χ4n) is 1.61. The van der Waals surface area contributed by atoms with Gasteiger partial charge in [0.1, 0.15) is 0 Å². The first-order valence-electron chi connectivity index (χ1n) is 5.49. The van der Waals surface area contributed by atoms with Crippen molar-refractivity contribution in [3.05, 3.63) is 35.4 Å². The predicted molar refractivity (Wildman–Crippen MR) is 68.7 cm³/mol. The van der Waals surface area contributed by atoms with Gasteiger partial charge < -0.3 is 0 Å². The van der Waals surface area contributed by atoms with Gasteiger partial charge >= 0.3 is 0 Å². The van der Waals surface area contributed by atoms with Gasteiger partial charge in [-0.15, -0.1) is 12.3 Å². The normalized spacial score (nSPS) is 13.2. The van der Waals surface area contributed by atoms with Crippen molar-refractivity contribution >= 4 is 0 Å². The van der Waals surface area contributed by atoms with Crippen LogP contribution in [0.5, 0.6) is 0 Å². The van der Waals surface area contributed by atoms with Crippen molar-refractivity contribution in [2.45, 2.75) is 38.6 Å². The summed E-state index contributed by atoms with van der Waals surface area (Å²) in [7, 11) is 0. The predicted octanol–water partition coefficient (Wildman–Crippen LogP) is 2.51. The van der Waals surface area contributed by atoms with Gasteiger partial charge in [-0.2, -0.15) is 0 Å². The van der Waals surface area contributed by atoms with E-state index in [1.807, 2.05) is 0 Å². The quantitative estimate of drug-likeness (QED) is 0.463. The first kappa shape index (κ1) is 12.8. The lowest BCUT2D eigenvalue weighted by molar-refractivity contribution is 0.564. The third-order valence-electron chi connectivity index (χ3n) is 2.70. The molecule has 1 unspecified atom stereocenters. The summed E-state index contributed by atoms with van der Waals surface area (Å²) < 4.78 is 0. The summed E-state index contributed by atoms with van der Waals surface area (Å²) in [4.78, 5) is 0. The van der Waals surface area contributed by atoms with Crippen molar-refractivity contribution in [3.63, 3.8) is 0 Å². The second-order valence-corrected chi connectivity index (χ2v) is 5.00. The Kier molecular flexibility index (Phi) is 4.12. The molecule has 0 saturated carbocycles. The topological polar surface area (TPSA) is 38.0 Å². The largest absolute Gasteiger partial charge is 0.271 e. The molecule has 0 saturated heterocycles. The van der Waals surface area contributed by atoms with Crippen LogP contribution >= 0.6 is 0 Å². The van der Waals surface area contributed by atoms with E-state index in [-0.39, 0.29) is 11.5 Å². The molecule has 0 aliphatic heterocycles. The molecule has 0 heterocycles. The SMILES string of the molecule is C#CCC(NN)c1ccc(C(C)(C)C)cc1. The van der Waals surface area contributed by atoms with Gasteiger partial charge in [-0.05, 0) is 16.5 Å². The van der Waals surface area contributed by atoms with Crippen molar-refractivity contribution in [3.8, 4) is 12.3 Å². The van der Waals surface area contributed by atoms with Crippen LogP contribution in [0.1, 0.15) is 44.4 Å². The minimum atomic E-state index is 0.0408. The van der Waals surface area contributed by atoms with Gasteiger partial charge in [-0.25, -0.2) is 0 Å². The zero-order chi connectivity index (χ0) is 12.2. The van der Waals surface area contributed by atoms with Crippen LogP contribution in [-0.2, 0) is 5.41 Å². The Bertz CT molecular complexity index is 365. The van der Waals surface area contributed by atoms with E-state index in [4.69, 9.17) is 12.3 Å². The van der Waals surface area contributed by atoms with Crippen molar-refractivity contribution < 1.29 is 0 Å². The van der Waals surface area contributed by atoms with Gasteiger partial charge in [0.25, 0.3) is 0 Å². The molecule has 1 aromatic rings. The van der Waals surface area contributed by atoms with Crippen molar-refractivity contribution in [2.75, 3.05) is 0 Å². The molecule has 0 amide bonds. The lowest BCUT2D eigenvalue weighted by Gasteiger charge is -2.20. The fraction of sp³-hybridized carbons (Fsp3) is 0.429. The molecule has 2 nitrogen and oxygen atoms in total. The van der Waals surface area contributed by atoms with E-state index in [0.29, 0.717) is 6.42 Å². The lowest BCUT2D eigenvalue weighted by Crippen LogP contribution is -2.27. The Hall–Kier alpha value is -1.30. The van der Waals surface area contributed by atoms with Gasteiger partial charge in [0.05, 0.1) is 6.04 Å². The van der Waals surface area contributed by atoms with E-state index in [9.17, 15) is 0 Å². The highest BCUT2D eigenvalue weighted by atomic mass is 15.2. The number of hydrazine groups is 1. The molecule has 0 bridgehead atoms. The summed E-state index contributed by atoms with van der Waals surface area (Å²) in [6.45, 7) is 6.59. The fourth-order valence-corrected chi connectivity index (χ4v) is 1.61. The first-order valence-corrected chi connectivity index (χ1v) is 5.49. The highest BCUT2D eigenvalue weighted by Gasteiger charge is 2.14. The summed E-state index contributed by atoms with van der Waals surface area (Å²) in [5.41, 5.74) is 5.36. The average Bonchev–Trinajstić information content (AvgIpc) is 2.25. The van der Waals surface area contributed by atoms with E-state index < -0.39 is 0 Å². The molecule has 0 aliphatic carbocycles. The Morgan fingerprint density at radius 1 is 1.31 bits per heavy atom. The molecule has 3 N–H and O–H groups in total. The zero-order valence-electron chi connectivity index (χ0n) is 10.2. The number of terminal acetylenes is 1. The summed E-state index contributed by atoms with van der Waals surface area (Å²) in [5, 5.41) is 0. The number of nitrogens with two attached hydrogens (primary N) is 1. The number of benzene rings is 1. The lowest BCUT2D eigenvalue weighted by atomic mass is 9.86. The molecule has 16 heavy (non-hydrogen) atoms. The molecule has 2 heteroatoms. The second kappa shape index (κ2) is 5.16. The summed E-state index contributed by atoms with van der Waals surface area (Å²) >= 11 is 0. The minimum Gasteiger partial charge on any atom is -0.271 e. The molecular weight excluding hydrogens is 196 g/mol. The molecular formula is C14H20N2. The van der Waals surface area contributed by atoms with Gasteiger partial charge in [-0.3, -0.25) is 11.3 Å². The number of rotatable bonds is 3. The molecule has 0 fully saturated rings. The standard InChI is InChI=1S/C14H20N2/c1-5-6-13(16-15)11-7-9-12(10-8-11)14(2,3)4/h1,7-10,13,16H,6,15H2,2-4H3. The van der Waals surface area contributed by atoms with E-state index in [1.165, 1.54) is 5.56 Å². The Labute approximate surface area is 98.2 Å².